The Balaban J connectivity index is 1.64. The molecule has 3 aromatic carbocycles. The van der Waals surface area contributed by atoms with Gasteiger partial charge >= 0.3 is 0 Å². The molecule has 3 atom stereocenters. The molecule has 1 heterocycles. The highest BCUT2D eigenvalue weighted by Gasteiger charge is 2.51. The van der Waals surface area contributed by atoms with E-state index in [1.54, 1.807) is 12.1 Å². The molecule has 1 unspecified atom stereocenters. The lowest BCUT2D eigenvalue weighted by molar-refractivity contribution is -0.104. The zero-order valence-corrected chi connectivity index (χ0v) is 22.9. The molecule has 8 heteroatoms. The first kappa shape index (κ1) is 26.7. The molecule has 3 aromatic rings. The maximum Gasteiger partial charge on any atom is 0.297 e. The minimum absolute atomic E-state index is 0.0415. The molecule has 0 amide bonds. The lowest BCUT2D eigenvalue weighted by atomic mass is 10.2. The van der Waals surface area contributed by atoms with Crippen LogP contribution in [0.3, 0.4) is 0 Å². The quantitative estimate of drug-likeness (QED) is 0.356. The average Bonchev–Trinajstić information content (AvgIpc) is 3.18. The molecule has 0 saturated carbocycles. The third kappa shape index (κ3) is 5.49. The predicted molar refractivity (Wildman–Crippen MR) is 142 cm³/mol. The molecule has 1 saturated heterocycles. The van der Waals surface area contributed by atoms with Crippen LogP contribution in [0.1, 0.15) is 32.8 Å². The van der Waals surface area contributed by atoms with Crippen molar-refractivity contribution in [3.05, 3.63) is 90.5 Å². The highest BCUT2D eigenvalue weighted by Crippen LogP contribution is 2.37. The maximum atomic E-state index is 13.0. The third-order valence-corrected chi connectivity index (χ3v) is 13.0. The number of hydrogen-bond acceptors (Lipinski definition) is 6. The lowest BCUT2D eigenvalue weighted by Gasteiger charge is -2.43. The van der Waals surface area contributed by atoms with Gasteiger partial charge in [-0.25, -0.2) is 0 Å². The van der Waals surface area contributed by atoms with Gasteiger partial charge in [-0.2, -0.15) is 8.42 Å². The normalized spacial score (nSPS) is 21.0. The third-order valence-electron chi connectivity index (χ3n) is 6.62. The van der Waals surface area contributed by atoms with Gasteiger partial charge in [0.1, 0.15) is 12.2 Å². The number of aliphatic hydroxyl groups is 1. The predicted octanol–water partition coefficient (Wildman–Crippen LogP) is 3.75. The first-order chi connectivity index (χ1) is 17.0. The summed E-state index contributed by atoms with van der Waals surface area (Å²) in [5, 5.41) is 12.2. The summed E-state index contributed by atoms with van der Waals surface area (Å²) in [6, 6.07) is 26.8. The van der Waals surface area contributed by atoms with Crippen molar-refractivity contribution in [1.29, 1.82) is 0 Å². The topological polar surface area (TPSA) is 82.1 Å². The van der Waals surface area contributed by atoms with Gasteiger partial charge in [-0.1, -0.05) is 99.1 Å². The van der Waals surface area contributed by atoms with Crippen LogP contribution >= 0.6 is 0 Å². The van der Waals surface area contributed by atoms with Gasteiger partial charge in [0.2, 0.25) is 0 Å². The van der Waals surface area contributed by atoms with E-state index in [0.29, 0.717) is 0 Å². The molecule has 36 heavy (non-hydrogen) atoms. The molecular formula is C28H34O6SSi. The Hall–Kier alpha value is -2.33. The first-order valence-corrected chi connectivity index (χ1v) is 15.4. The minimum Gasteiger partial charge on any atom is -0.405 e. The summed E-state index contributed by atoms with van der Waals surface area (Å²) >= 11 is 0. The number of aliphatic hydroxyl groups excluding tert-OH is 1. The minimum atomic E-state index is -4.04. The van der Waals surface area contributed by atoms with E-state index in [4.69, 9.17) is 13.3 Å². The van der Waals surface area contributed by atoms with Crippen LogP contribution in [0.5, 0.6) is 0 Å². The van der Waals surface area contributed by atoms with Crippen molar-refractivity contribution in [3.63, 3.8) is 0 Å². The van der Waals surface area contributed by atoms with Crippen molar-refractivity contribution >= 4 is 28.8 Å². The number of benzene rings is 3. The van der Waals surface area contributed by atoms with Crippen LogP contribution in [0.25, 0.3) is 0 Å². The van der Waals surface area contributed by atoms with Crippen LogP contribution in [0.15, 0.2) is 89.8 Å². The number of hydrogen-bond donors (Lipinski definition) is 1. The fourth-order valence-electron chi connectivity index (χ4n) is 4.84. The highest BCUT2D eigenvalue weighted by atomic mass is 32.2. The maximum absolute atomic E-state index is 13.0. The smallest absolute Gasteiger partial charge is 0.297 e. The molecule has 0 bridgehead atoms. The molecule has 1 aliphatic heterocycles. The van der Waals surface area contributed by atoms with E-state index in [1.807, 2.05) is 43.3 Å². The Kier molecular flexibility index (Phi) is 7.85. The van der Waals surface area contributed by atoms with Crippen LogP contribution in [-0.2, 0) is 23.5 Å². The van der Waals surface area contributed by atoms with Crippen molar-refractivity contribution in [2.24, 2.45) is 0 Å². The first-order valence-electron chi connectivity index (χ1n) is 12.1. The lowest BCUT2D eigenvalue weighted by Crippen LogP contribution is -2.67. The van der Waals surface area contributed by atoms with Crippen LogP contribution in [-0.4, -0.2) is 46.9 Å². The molecule has 1 fully saturated rings. The number of ether oxygens (including phenoxy) is 1. The Morgan fingerprint density at radius 2 is 1.44 bits per heavy atom. The van der Waals surface area contributed by atoms with Gasteiger partial charge in [0, 0.05) is 6.42 Å². The summed E-state index contributed by atoms with van der Waals surface area (Å²) in [6.07, 6.45) is -2.71. The molecule has 0 aliphatic carbocycles. The van der Waals surface area contributed by atoms with E-state index in [-0.39, 0.29) is 23.0 Å². The van der Waals surface area contributed by atoms with E-state index < -0.39 is 36.9 Å². The van der Waals surface area contributed by atoms with E-state index in [2.05, 4.69) is 45.0 Å². The van der Waals surface area contributed by atoms with Crippen molar-refractivity contribution in [1.82, 2.24) is 0 Å². The number of aryl methyl sites for hydroxylation is 1. The van der Waals surface area contributed by atoms with Gasteiger partial charge in [-0.3, -0.25) is 4.18 Å². The Labute approximate surface area is 215 Å². The largest absolute Gasteiger partial charge is 0.405 e. The molecule has 0 radical (unpaired) electrons. The Morgan fingerprint density at radius 3 is 1.94 bits per heavy atom. The second-order valence-electron chi connectivity index (χ2n) is 10.2. The summed E-state index contributed by atoms with van der Waals surface area (Å²) < 4.78 is 44.1. The molecule has 192 valence electrons. The highest BCUT2D eigenvalue weighted by molar-refractivity contribution is 7.86. The fourth-order valence-corrected chi connectivity index (χ4v) is 10.5. The van der Waals surface area contributed by atoms with E-state index >= 15 is 0 Å². The van der Waals surface area contributed by atoms with Crippen LogP contribution in [0.4, 0.5) is 0 Å². The van der Waals surface area contributed by atoms with Crippen molar-refractivity contribution < 1.29 is 26.9 Å². The molecule has 0 spiro atoms. The van der Waals surface area contributed by atoms with Gasteiger partial charge < -0.3 is 14.3 Å². The van der Waals surface area contributed by atoms with Gasteiger partial charge in [0.05, 0.1) is 11.5 Å². The standard InChI is InChI=1S/C28H34O6SSi/c1-21-15-17-22(18-16-21)35(30,31)34-25-19-27(29)33-26(25)20-32-36(28(2,3)4,23-11-7-5-8-12-23)24-13-9-6-10-14-24/h5-18,25-27,29H,19-20H2,1-4H3/t25-,26+,27?/m0/s1. The molecular weight excluding hydrogens is 492 g/mol. The Bertz CT molecular complexity index is 1200. The van der Waals surface area contributed by atoms with E-state index in [0.717, 1.165) is 15.9 Å². The van der Waals surface area contributed by atoms with E-state index in [1.165, 1.54) is 12.1 Å². The molecule has 4 rings (SSSR count). The van der Waals surface area contributed by atoms with Crippen LogP contribution in [0, 0.1) is 6.92 Å². The Morgan fingerprint density at radius 1 is 0.917 bits per heavy atom. The zero-order chi connectivity index (χ0) is 26.0. The summed E-state index contributed by atoms with van der Waals surface area (Å²) in [6.45, 7) is 8.47. The molecule has 0 aromatic heterocycles. The van der Waals surface area contributed by atoms with Gasteiger partial charge in [-0.05, 0) is 34.5 Å². The summed E-state index contributed by atoms with van der Waals surface area (Å²) in [5.41, 5.74) is 0.949. The average molecular weight is 527 g/mol. The summed E-state index contributed by atoms with van der Waals surface area (Å²) in [5.74, 6) is 0. The number of rotatable bonds is 8. The second kappa shape index (κ2) is 10.6. The molecule has 1 N–H and O–H groups in total. The fraction of sp³-hybridized carbons (Fsp3) is 0.357. The van der Waals surface area contributed by atoms with Gasteiger partial charge in [0.15, 0.2) is 6.29 Å². The molecule has 6 nitrogen and oxygen atoms in total. The van der Waals surface area contributed by atoms with Crippen LogP contribution < -0.4 is 10.4 Å². The SMILES string of the molecule is Cc1ccc(S(=O)(=O)O[C@H]2CC(O)O[C@@H]2CO[Si](c2ccccc2)(c2ccccc2)C(C)(C)C)cc1. The second-order valence-corrected chi connectivity index (χ2v) is 16.1. The monoisotopic (exact) mass is 526 g/mol. The zero-order valence-electron chi connectivity index (χ0n) is 21.1. The van der Waals surface area contributed by atoms with Crippen LogP contribution in [0.2, 0.25) is 5.04 Å². The van der Waals surface area contributed by atoms with E-state index in [9.17, 15) is 13.5 Å². The summed E-state index contributed by atoms with van der Waals surface area (Å²) in [7, 11) is -6.90. The summed E-state index contributed by atoms with van der Waals surface area (Å²) in [4.78, 5) is 0.0705. The van der Waals surface area contributed by atoms with Gasteiger partial charge in [0.25, 0.3) is 18.4 Å². The molecule has 1 aliphatic rings. The van der Waals surface area contributed by atoms with Crippen molar-refractivity contribution in [2.75, 3.05) is 6.61 Å². The van der Waals surface area contributed by atoms with Crippen molar-refractivity contribution in [2.45, 2.75) is 62.5 Å². The van der Waals surface area contributed by atoms with Crippen molar-refractivity contribution in [3.8, 4) is 0 Å². The van der Waals surface area contributed by atoms with Gasteiger partial charge in [-0.15, -0.1) is 0 Å².